The Kier molecular flexibility index (Phi) is 2.97. The summed E-state index contributed by atoms with van der Waals surface area (Å²) in [5.74, 6) is 0.0617. The Bertz CT molecular complexity index is 296. The first-order chi connectivity index (χ1) is 6.19. The van der Waals surface area contributed by atoms with Gasteiger partial charge >= 0.3 is 0 Å². The summed E-state index contributed by atoms with van der Waals surface area (Å²) in [6, 6.07) is 2.52. The molecule has 0 aliphatic heterocycles. The highest BCUT2D eigenvalue weighted by molar-refractivity contribution is 5.48. The molecule has 0 bridgehead atoms. The van der Waals surface area contributed by atoms with Crippen molar-refractivity contribution in [1.82, 2.24) is 0 Å². The van der Waals surface area contributed by atoms with Crippen molar-refractivity contribution >= 4 is 0 Å². The van der Waals surface area contributed by atoms with Crippen LogP contribution in [0.3, 0.4) is 0 Å². The van der Waals surface area contributed by atoms with Crippen molar-refractivity contribution in [1.29, 1.82) is 0 Å². The molecule has 0 fully saturated rings. The normalized spacial score (nSPS) is 10.0. The molecule has 0 heterocycles. The van der Waals surface area contributed by atoms with Crippen molar-refractivity contribution in [3.05, 3.63) is 17.7 Å². The molecule has 72 valence electrons. The van der Waals surface area contributed by atoms with Gasteiger partial charge in [0.2, 0.25) is 0 Å². The van der Waals surface area contributed by atoms with Gasteiger partial charge in [0.15, 0.2) is 0 Å². The van der Waals surface area contributed by atoms with E-state index in [1.54, 1.807) is 6.92 Å². The summed E-state index contributed by atoms with van der Waals surface area (Å²) in [6.45, 7) is 1.87. The molecule has 0 atom stereocenters. The first-order valence-electron chi connectivity index (χ1n) is 3.97. The van der Waals surface area contributed by atoms with Gasteiger partial charge in [-0.3, -0.25) is 0 Å². The van der Waals surface area contributed by atoms with Gasteiger partial charge in [0.05, 0.1) is 18.8 Å². The third-order valence-electron chi connectivity index (χ3n) is 1.63. The van der Waals surface area contributed by atoms with Crippen molar-refractivity contribution in [2.45, 2.75) is 13.5 Å². The predicted octanol–water partition coefficient (Wildman–Crippen LogP) is 0.989. The van der Waals surface area contributed by atoms with Crippen LogP contribution in [0, 0.1) is 0 Å². The fourth-order valence-electron chi connectivity index (χ4n) is 1.06. The number of hydrogen-bond donors (Lipinski definition) is 3. The number of rotatable bonds is 3. The second-order valence-electron chi connectivity index (χ2n) is 2.53. The lowest BCUT2D eigenvalue weighted by atomic mass is 10.2. The third-order valence-corrected chi connectivity index (χ3v) is 1.63. The van der Waals surface area contributed by atoms with Gasteiger partial charge in [0.25, 0.3) is 0 Å². The molecule has 1 aromatic carbocycles. The molecule has 0 aliphatic rings. The average Bonchev–Trinajstić information content (AvgIpc) is 2.04. The first kappa shape index (κ1) is 9.67. The largest absolute Gasteiger partial charge is 0.508 e. The molecule has 0 spiro atoms. The summed E-state index contributed by atoms with van der Waals surface area (Å²) in [5.41, 5.74) is 0.291. The number of benzene rings is 1. The van der Waals surface area contributed by atoms with E-state index in [0.29, 0.717) is 17.9 Å². The molecule has 0 saturated heterocycles. The quantitative estimate of drug-likeness (QED) is 0.655. The van der Waals surface area contributed by atoms with Crippen LogP contribution in [-0.4, -0.2) is 21.9 Å². The first-order valence-corrected chi connectivity index (χ1v) is 3.97. The molecule has 1 rings (SSSR count). The smallest absolute Gasteiger partial charge is 0.132 e. The number of aromatic hydroxyl groups is 2. The highest BCUT2D eigenvalue weighted by Gasteiger charge is 2.09. The highest BCUT2D eigenvalue weighted by Crippen LogP contribution is 2.32. The fraction of sp³-hybridized carbons (Fsp3) is 0.333. The van der Waals surface area contributed by atoms with Crippen LogP contribution in [0.1, 0.15) is 12.5 Å². The van der Waals surface area contributed by atoms with Crippen LogP contribution in [0.15, 0.2) is 12.1 Å². The standard InChI is InChI=1S/C9H12O4/c1-2-13-9-4-6(11)3-8(12)7(9)5-10/h3-4,10-12H,2,5H2,1H3. The Morgan fingerprint density at radius 2 is 2.00 bits per heavy atom. The van der Waals surface area contributed by atoms with Crippen LogP contribution >= 0.6 is 0 Å². The number of ether oxygens (including phenoxy) is 1. The van der Waals surface area contributed by atoms with E-state index >= 15 is 0 Å². The second-order valence-corrected chi connectivity index (χ2v) is 2.53. The van der Waals surface area contributed by atoms with Crippen LogP contribution in [0.5, 0.6) is 17.2 Å². The van der Waals surface area contributed by atoms with E-state index in [9.17, 15) is 5.11 Å². The molecule has 0 unspecified atom stereocenters. The number of aliphatic hydroxyl groups excluding tert-OH is 1. The fourth-order valence-corrected chi connectivity index (χ4v) is 1.06. The van der Waals surface area contributed by atoms with Crippen LogP contribution in [0.4, 0.5) is 0 Å². The van der Waals surface area contributed by atoms with E-state index in [0.717, 1.165) is 6.07 Å². The number of phenolic OH excluding ortho intramolecular Hbond substituents is 1. The van der Waals surface area contributed by atoms with Crippen molar-refractivity contribution < 1.29 is 20.1 Å². The summed E-state index contributed by atoms with van der Waals surface area (Å²) in [5, 5.41) is 27.3. The van der Waals surface area contributed by atoms with E-state index in [1.807, 2.05) is 0 Å². The molecule has 0 amide bonds. The minimum atomic E-state index is -0.318. The summed E-state index contributed by atoms with van der Waals surface area (Å²) >= 11 is 0. The lowest BCUT2D eigenvalue weighted by Gasteiger charge is -2.10. The number of phenols is 2. The Hall–Kier alpha value is -1.42. The minimum absolute atomic E-state index is 0.0850. The van der Waals surface area contributed by atoms with E-state index in [1.165, 1.54) is 6.07 Å². The molecular formula is C9H12O4. The monoisotopic (exact) mass is 184 g/mol. The van der Waals surface area contributed by atoms with Crippen molar-refractivity contribution in [3.8, 4) is 17.2 Å². The second kappa shape index (κ2) is 4.00. The maximum absolute atomic E-state index is 9.30. The maximum Gasteiger partial charge on any atom is 0.132 e. The van der Waals surface area contributed by atoms with Crippen LogP contribution < -0.4 is 4.74 Å². The molecule has 0 saturated carbocycles. The van der Waals surface area contributed by atoms with E-state index in [2.05, 4.69) is 0 Å². The third kappa shape index (κ3) is 2.03. The van der Waals surface area contributed by atoms with E-state index < -0.39 is 0 Å². The van der Waals surface area contributed by atoms with Crippen molar-refractivity contribution in [2.24, 2.45) is 0 Å². The molecule has 0 radical (unpaired) electrons. The van der Waals surface area contributed by atoms with Crippen molar-refractivity contribution in [3.63, 3.8) is 0 Å². The van der Waals surface area contributed by atoms with Gasteiger partial charge in [0, 0.05) is 12.1 Å². The van der Waals surface area contributed by atoms with Crippen LogP contribution in [0.25, 0.3) is 0 Å². The lowest BCUT2D eigenvalue weighted by Crippen LogP contribution is -1.96. The van der Waals surface area contributed by atoms with Crippen molar-refractivity contribution in [2.75, 3.05) is 6.61 Å². The van der Waals surface area contributed by atoms with Gasteiger partial charge in [-0.05, 0) is 6.92 Å². The van der Waals surface area contributed by atoms with E-state index in [-0.39, 0.29) is 18.1 Å². The van der Waals surface area contributed by atoms with E-state index in [4.69, 9.17) is 14.9 Å². The summed E-state index contributed by atoms with van der Waals surface area (Å²) in [4.78, 5) is 0. The molecular weight excluding hydrogens is 172 g/mol. The molecule has 4 heteroatoms. The summed E-state index contributed by atoms with van der Waals surface area (Å²) < 4.78 is 5.11. The molecule has 1 aromatic rings. The zero-order valence-electron chi connectivity index (χ0n) is 7.32. The average molecular weight is 184 g/mol. The highest BCUT2D eigenvalue weighted by atomic mass is 16.5. The summed E-state index contributed by atoms with van der Waals surface area (Å²) in [7, 11) is 0. The van der Waals surface area contributed by atoms with Crippen LogP contribution in [0.2, 0.25) is 0 Å². The van der Waals surface area contributed by atoms with Gasteiger partial charge in [-0.25, -0.2) is 0 Å². The minimum Gasteiger partial charge on any atom is -0.508 e. The Morgan fingerprint density at radius 3 is 2.54 bits per heavy atom. The predicted molar refractivity (Wildman–Crippen MR) is 46.9 cm³/mol. The SMILES string of the molecule is CCOc1cc(O)cc(O)c1CO. The number of aliphatic hydroxyl groups is 1. The Morgan fingerprint density at radius 1 is 1.31 bits per heavy atom. The van der Waals surface area contributed by atoms with Gasteiger partial charge < -0.3 is 20.1 Å². The molecule has 3 N–H and O–H groups in total. The maximum atomic E-state index is 9.30. The van der Waals surface area contributed by atoms with Gasteiger partial charge in [-0.15, -0.1) is 0 Å². The number of hydrogen-bond acceptors (Lipinski definition) is 4. The topological polar surface area (TPSA) is 69.9 Å². The van der Waals surface area contributed by atoms with Crippen LogP contribution in [-0.2, 0) is 6.61 Å². The molecule has 13 heavy (non-hydrogen) atoms. The zero-order valence-corrected chi connectivity index (χ0v) is 7.32. The van der Waals surface area contributed by atoms with Gasteiger partial charge in [-0.2, -0.15) is 0 Å². The molecule has 0 aromatic heterocycles. The summed E-state index contributed by atoms with van der Waals surface area (Å²) in [6.07, 6.45) is 0. The molecule has 4 nitrogen and oxygen atoms in total. The van der Waals surface area contributed by atoms with Gasteiger partial charge in [-0.1, -0.05) is 0 Å². The Labute approximate surface area is 76.0 Å². The lowest BCUT2D eigenvalue weighted by molar-refractivity contribution is 0.259. The van der Waals surface area contributed by atoms with Gasteiger partial charge in [0.1, 0.15) is 17.2 Å². The zero-order chi connectivity index (χ0) is 9.84. The molecule has 0 aliphatic carbocycles. The Balaban J connectivity index is 3.13.